The van der Waals surface area contributed by atoms with Gasteiger partial charge in [-0.25, -0.2) is 9.97 Å². The summed E-state index contributed by atoms with van der Waals surface area (Å²) in [5.74, 6) is 2.52. The number of aromatic nitrogens is 4. The van der Waals surface area contributed by atoms with Crippen molar-refractivity contribution in [2.24, 2.45) is 0 Å². The zero-order chi connectivity index (χ0) is 21.3. The summed E-state index contributed by atoms with van der Waals surface area (Å²) in [5.41, 5.74) is 4.39. The molecule has 0 fully saturated rings. The highest BCUT2D eigenvalue weighted by atomic mass is 16.5. The van der Waals surface area contributed by atoms with Crippen molar-refractivity contribution in [2.45, 2.75) is 13.2 Å². The van der Waals surface area contributed by atoms with Gasteiger partial charge in [-0.15, -0.1) is 0 Å². The van der Waals surface area contributed by atoms with Crippen LogP contribution in [0.5, 0.6) is 11.6 Å². The van der Waals surface area contributed by atoms with Crippen LogP contribution in [0.25, 0.3) is 16.7 Å². The molecule has 1 aliphatic rings. The lowest BCUT2D eigenvalue weighted by molar-refractivity contribution is 0.134. The molecule has 0 saturated carbocycles. The largest absolute Gasteiger partial charge is 0.439 e. The molecule has 0 amide bonds. The van der Waals surface area contributed by atoms with Crippen molar-refractivity contribution in [1.82, 2.24) is 19.5 Å². The minimum atomic E-state index is 0.468. The van der Waals surface area contributed by atoms with Gasteiger partial charge >= 0.3 is 0 Å². The summed E-state index contributed by atoms with van der Waals surface area (Å²) >= 11 is 0. The second kappa shape index (κ2) is 7.79. The fourth-order valence-electron chi connectivity index (χ4n) is 3.84. The zero-order valence-corrected chi connectivity index (χ0v) is 17.1. The van der Waals surface area contributed by atoms with Gasteiger partial charge in [-0.05, 0) is 59.7 Å². The lowest BCUT2D eigenvalue weighted by atomic mass is 10.1. The quantitative estimate of drug-likeness (QED) is 0.411. The average Bonchev–Trinajstić information content (AvgIpc) is 3.46. The van der Waals surface area contributed by atoms with Gasteiger partial charge in [0.2, 0.25) is 11.8 Å². The predicted molar refractivity (Wildman–Crippen MR) is 121 cm³/mol. The molecule has 0 bridgehead atoms. The predicted octanol–water partition coefficient (Wildman–Crippen LogP) is 5.38. The molecule has 6 rings (SSSR count). The summed E-state index contributed by atoms with van der Waals surface area (Å²) in [6.07, 6.45) is 5.47. The van der Waals surface area contributed by atoms with E-state index < -0.39 is 0 Å². The Morgan fingerprint density at radius 3 is 2.78 bits per heavy atom. The first kappa shape index (κ1) is 18.5. The van der Waals surface area contributed by atoms with Crippen LogP contribution < -0.4 is 10.1 Å². The Morgan fingerprint density at radius 2 is 1.84 bits per heavy atom. The number of fused-ring (bicyclic) bond motifs is 2. The van der Waals surface area contributed by atoms with Crippen LogP contribution in [0, 0.1) is 0 Å². The Kier molecular flexibility index (Phi) is 4.51. The van der Waals surface area contributed by atoms with Crippen LogP contribution in [-0.4, -0.2) is 19.5 Å². The SMILES string of the molecule is c1ccc(-n2ccc3cc(Oc4ccnc(Nc5ccc6c(c5)COC6)n4)ccc32)nc1. The summed E-state index contributed by atoms with van der Waals surface area (Å²) in [4.78, 5) is 13.2. The molecule has 1 N–H and O–H groups in total. The highest BCUT2D eigenvalue weighted by Gasteiger charge is 2.12. The van der Waals surface area contributed by atoms with E-state index in [2.05, 4.69) is 32.4 Å². The zero-order valence-electron chi connectivity index (χ0n) is 17.1. The van der Waals surface area contributed by atoms with E-state index in [1.807, 2.05) is 59.3 Å². The van der Waals surface area contributed by atoms with Crippen LogP contribution in [0.2, 0.25) is 0 Å². The number of benzene rings is 2. The van der Waals surface area contributed by atoms with Crippen molar-refractivity contribution in [3.05, 3.63) is 96.4 Å². The Hall–Kier alpha value is -4.23. The van der Waals surface area contributed by atoms with Crippen molar-refractivity contribution >= 4 is 22.5 Å². The van der Waals surface area contributed by atoms with E-state index in [1.165, 1.54) is 11.1 Å². The summed E-state index contributed by atoms with van der Waals surface area (Å²) in [6.45, 7) is 1.31. The Labute approximate surface area is 184 Å². The van der Waals surface area contributed by atoms with Crippen LogP contribution in [0.4, 0.5) is 11.6 Å². The molecule has 3 aromatic heterocycles. The van der Waals surface area contributed by atoms with E-state index in [1.54, 1.807) is 18.5 Å². The van der Waals surface area contributed by atoms with E-state index >= 15 is 0 Å². The normalized spacial score (nSPS) is 12.6. The topological polar surface area (TPSA) is 74.1 Å². The molecule has 0 radical (unpaired) electrons. The number of hydrogen-bond acceptors (Lipinski definition) is 6. The van der Waals surface area contributed by atoms with Gasteiger partial charge in [0.05, 0.1) is 18.7 Å². The van der Waals surface area contributed by atoms with Crippen molar-refractivity contribution in [1.29, 1.82) is 0 Å². The molecular weight excluding hydrogens is 402 g/mol. The van der Waals surface area contributed by atoms with Crippen LogP contribution in [0.3, 0.4) is 0 Å². The van der Waals surface area contributed by atoms with Gasteiger partial charge in [-0.1, -0.05) is 12.1 Å². The maximum atomic E-state index is 6.02. The molecule has 7 nitrogen and oxygen atoms in total. The van der Waals surface area contributed by atoms with Gasteiger partial charge in [-0.3, -0.25) is 0 Å². The number of pyridine rings is 1. The maximum Gasteiger partial charge on any atom is 0.230 e. The number of ether oxygens (including phenoxy) is 2. The van der Waals surface area contributed by atoms with Gasteiger partial charge in [0.1, 0.15) is 11.6 Å². The first-order valence-corrected chi connectivity index (χ1v) is 10.3. The van der Waals surface area contributed by atoms with Crippen LogP contribution >= 0.6 is 0 Å². The summed E-state index contributed by atoms with van der Waals surface area (Å²) in [6, 6.07) is 21.7. The van der Waals surface area contributed by atoms with Gasteiger partial charge in [0.15, 0.2) is 0 Å². The maximum absolute atomic E-state index is 6.02. The number of anilines is 2. The highest BCUT2D eigenvalue weighted by molar-refractivity contribution is 5.83. The minimum Gasteiger partial charge on any atom is -0.439 e. The Bertz CT molecular complexity index is 1410. The Balaban J connectivity index is 1.22. The van der Waals surface area contributed by atoms with Crippen molar-refractivity contribution in [3.8, 4) is 17.4 Å². The van der Waals surface area contributed by atoms with Gasteiger partial charge in [0, 0.05) is 35.7 Å². The van der Waals surface area contributed by atoms with Crippen LogP contribution in [-0.2, 0) is 18.0 Å². The van der Waals surface area contributed by atoms with Gasteiger partial charge in [-0.2, -0.15) is 4.98 Å². The first-order valence-electron chi connectivity index (χ1n) is 10.3. The average molecular weight is 421 g/mol. The van der Waals surface area contributed by atoms with Crippen molar-refractivity contribution in [2.75, 3.05) is 5.32 Å². The second-order valence-electron chi connectivity index (χ2n) is 7.52. The van der Waals surface area contributed by atoms with E-state index in [0.717, 1.165) is 22.4 Å². The monoisotopic (exact) mass is 421 g/mol. The smallest absolute Gasteiger partial charge is 0.230 e. The van der Waals surface area contributed by atoms with E-state index in [9.17, 15) is 0 Å². The summed E-state index contributed by atoms with van der Waals surface area (Å²) in [7, 11) is 0. The van der Waals surface area contributed by atoms with E-state index in [0.29, 0.717) is 30.8 Å². The van der Waals surface area contributed by atoms with Gasteiger partial charge in [0.25, 0.3) is 0 Å². The molecule has 5 aromatic rings. The second-order valence-corrected chi connectivity index (χ2v) is 7.52. The Morgan fingerprint density at radius 1 is 0.875 bits per heavy atom. The molecule has 32 heavy (non-hydrogen) atoms. The molecule has 1 aliphatic heterocycles. The third-order valence-electron chi connectivity index (χ3n) is 5.39. The number of hydrogen-bond donors (Lipinski definition) is 1. The molecule has 0 unspecified atom stereocenters. The highest BCUT2D eigenvalue weighted by Crippen LogP contribution is 2.28. The molecule has 0 saturated heterocycles. The molecule has 7 heteroatoms. The molecule has 0 spiro atoms. The van der Waals surface area contributed by atoms with Crippen molar-refractivity contribution < 1.29 is 9.47 Å². The molecular formula is C25H19N5O2. The van der Waals surface area contributed by atoms with Crippen LogP contribution in [0.1, 0.15) is 11.1 Å². The van der Waals surface area contributed by atoms with Gasteiger partial charge < -0.3 is 19.4 Å². The van der Waals surface area contributed by atoms with Crippen molar-refractivity contribution in [3.63, 3.8) is 0 Å². The number of rotatable bonds is 5. The van der Waals surface area contributed by atoms with Crippen LogP contribution in [0.15, 0.2) is 85.3 Å². The fraction of sp³-hybridized carbons (Fsp3) is 0.0800. The molecule has 156 valence electrons. The summed E-state index contributed by atoms with van der Waals surface area (Å²) in [5, 5.41) is 4.30. The number of nitrogens with zero attached hydrogens (tertiary/aromatic N) is 4. The first-order chi connectivity index (χ1) is 15.8. The molecule has 0 aliphatic carbocycles. The fourth-order valence-corrected chi connectivity index (χ4v) is 3.84. The molecule has 0 atom stereocenters. The summed E-state index contributed by atoms with van der Waals surface area (Å²) < 4.78 is 13.5. The third-order valence-corrected chi connectivity index (χ3v) is 5.39. The number of nitrogens with one attached hydrogen (secondary N) is 1. The lowest BCUT2D eigenvalue weighted by Crippen LogP contribution is -1.99. The minimum absolute atomic E-state index is 0.468. The molecule has 2 aromatic carbocycles. The van der Waals surface area contributed by atoms with E-state index in [4.69, 9.17) is 9.47 Å². The third kappa shape index (κ3) is 3.55. The van der Waals surface area contributed by atoms with E-state index in [-0.39, 0.29) is 0 Å². The lowest BCUT2D eigenvalue weighted by Gasteiger charge is -2.09. The molecule has 4 heterocycles. The standard InChI is InChI=1S/C25H19N5O2/c1-2-10-26-23(3-1)30-12-9-17-14-21(6-7-22(17)30)32-24-8-11-27-25(29-24)28-20-5-4-18-15-31-16-19(18)13-20/h1-14H,15-16H2,(H,27,28,29).